The lowest BCUT2D eigenvalue weighted by atomic mass is 9.78. The van der Waals surface area contributed by atoms with Gasteiger partial charge in [-0.05, 0) is 44.9 Å². The normalized spacial score (nSPS) is 33.5. The number of nitrogens with one attached hydrogen (secondary N) is 1. The lowest BCUT2D eigenvalue weighted by Crippen LogP contribution is -2.53. The van der Waals surface area contributed by atoms with Gasteiger partial charge in [0.15, 0.2) is 0 Å². The van der Waals surface area contributed by atoms with Gasteiger partial charge in [-0.3, -0.25) is 4.79 Å². The third-order valence-corrected chi connectivity index (χ3v) is 3.58. The van der Waals surface area contributed by atoms with Crippen molar-refractivity contribution in [3.63, 3.8) is 0 Å². The molecule has 0 radical (unpaired) electrons. The van der Waals surface area contributed by atoms with Gasteiger partial charge in [-0.15, -0.1) is 0 Å². The number of rotatable bonds is 3. The molecule has 88 valence electrons. The summed E-state index contributed by atoms with van der Waals surface area (Å²) in [6.45, 7) is 6.36. The van der Waals surface area contributed by atoms with Crippen LogP contribution in [0.1, 0.15) is 52.9 Å². The molecule has 0 aromatic carbocycles. The van der Waals surface area contributed by atoms with Gasteiger partial charge in [0.05, 0.1) is 6.04 Å². The van der Waals surface area contributed by atoms with Crippen molar-refractivity contribution >= 4 is 5.91 Å². The highest BCUT2D eigenvalue weighted by atomic mass is 16.2. The minimum atomic E-state index is -0.346. The first-order valence-electron chi connectivity index (χ1n) is 6.04. The molecule has 0 spiro atoms. The molecule has 3 nitrogen and oxygen atoms in total. The van der Waals surface area contributed by atoms with Gasteiger partial charge in [-0.1, -0.05) is 13.8 Å². The van der Waals surface area contributed by atoms with Crippen LogP contribution in [0.2, 0.25) is 0 Å². The topological polar surface area (TPSA) is 55.1 Å². The van der Waals surface area contributed by atoms with Gasteiger partial charge in [0.25, 0.3) is 0 Å². The molecule has 0 bridgehead atoms. The lowest BCUT2D eigenvalue weighted by Gasteiger charge is -2.37. The Morgan fingerprint density at radius 2 is 2.07 bits per heavy atom. The maximum atomic E-state index is 11.7. The van der Waals surface area contributed by atoms with Gasteiger partial charge >= 0.3 is 0 Å². The van der Waals surface area contributed by atoms with E-state index in [-0.39, 0.29) is 17.5 Å². The van der Waals surface area contributed by atoms with Gasteiger partial charge in [0, 0.05) is 5.54 Å². The van der Waals surface area contributed by atoms with E-state index >= 15 is 0 Å². The number of hydrogen-bond donors (Lipinski definition) is 2. The summed E-state index contributed by atoms with van der Waals surface area (Å²) in [6.07, 6.45) is 5.28. The second-order valence-electron chi connectivity index (χ2n) is 5.25. The molecule has 3 heteroatoms. The molecule has 1 fully saturated rings. The zero-order valence-electron chi connectivity index (χ0n) is 10.2. The minimum Gasteiger partial charge on any atom is -0.350 e. The molecule has 0 aliphatic heterocycles. The van der Waals surface area contributed by atoms with E-state index < -0.39 is 0 Å². The smallest absolute Gasteiger partial charge is 0.237 e. The van der Waals surface area contributed by atoms with Crippen LogP contribution in [0.3, 0.4) is 0 Å². The predicted octanol–water partition coefficient (Wildman–Crippen LogP) is 1.81. The van der Waals surface area contributed by atoms with E-state index in [0.717, 1.165) is 18.8 Å². The standard InChI is InChI=1S/C12H24N2O/c1-4-10(13)11(15)14-12(3)7-5-9(2)6-8-12/h9-10H,4-8,13H2,1-3H3,(H,14,15)/t9?,10-,12?/m0/s1. The summed E-state index contributed by atoms with van der Waals surface area (Å²) in [5.74, 6) is 0.810. The Bertz CT molecular complexity index is 220. The highest BCUT2D eigenvalue weighted by Gasteiger charge is 2.31. The van der Waals surface area contributed by atoms with Crippen molar-refractivity contribution < 1.29 is 4.79 Å². The van der Waals surface area contributed by atoms with Gasteiger partial charge in [-0.25, -0.2) is 0 Å². The molecule has 0 aromatic heterocycles. The molecule has 0 unspecified atom stereocenters. The first-order chi connectivity index (χ1) is 6.97. The Hall–Kier alpha value is -0.570. The third kappa shape index (κ3) is 3.49. The largest absolute Gasteiger partial charge is 0.350 e. The van der Waals surface area contributed by atoms with E-state index in [0.29, 0.717) is 6.42 Å². The van der Waals surface area contributed by atoms with Crippen LogP contribution in [0, 0.1) is 5.92 Å². The van der Waals surface area contributed by atoms with Crippen LogP contribution in [-0.2, 0) is 4.79 Å². The maximum Gasteiger partial charge on any atom is 0.237 e. The van der Waals surface area contributed by atoms with E-state index in [9.17, 15) is 4.79 Å². The molecule has 3 N–H and O–H groups in total. The summed E-state index contributed by atoms with van der Waals surface area (Å²) in [5.41, 5.74) is 5.69. The molecule has 1 aliphatic carbocycles. The Morgan fingerprint density at radius 1 is 1.53 bits per heavy atom. The Morgan fingerprint density at radius 3 is 2.53 bits per heavy atom. The second-order valence-corrected chi connectivity index (χ2v) is 5.25. The van der Waals surface area contributed by atoms with E-state index in [4.69, 9.17) is 5.73 Å². The molecular weight excluding hydrogens is 188 g/mol. The molecular formula is C12H24N2O. The van der Waals surface area contributed by atoms with Crippen LogP contribution in [0.5, 0.6) is 0 Å². The summed E-state index contributed by atoms with van der Waals surface area (Å²) < 4.78 is 0. The van der Waals surface area contributed by atoms with Crippen LogP contribution in [0.25, 0.3) is 0 Å². The van der Waals surface area contributed by atoms with Gasteiger partial charge in [0.2, 0.25) is 5.91 Å². The highest BCUT2D eigenvalue weighted by molar-refractivity contribution is 5.82. The van der Waals surface area contributed by atoms with Gasteiger partial charge in [-0.2, -0.15) is 0 Å². The molecule has 1 saturated carbocycles. The Labute approximate surface area is 92.8 Å². The zero-order valence-corrected chi connectivity index (χ0v) is 10.2. The van der Waals surface area contributed by atoms with E-state index in [2.05, 4.69) is 19.2 Å². The summed E-state index contributed by atoms with van der Waals surface area (Å²) in [7, 11) is 0. The lowest BCUT2D eigenvalue weighted by molar-refractivity contribution is -0.124. The van der Waals surface area contributed by atoms with Crippen molar-refractivity contribution in [1.82, 2.24) is 5.32 Å². The molecule has 0 heterocycles. The monoisotopic (exact) mass is 212 g/mol. The molecule has 15 heavy (non-hydrogen) atoms. The van der Waals surface area contributed by atoms with Crippen molar-refractivity contribution in [3.05, 3.63) is 0 Å². The van der Waals surface area contributed by atoms with E-state index in [1.54, 1.807) is 0 Å². The van der Waals surface area contributed by atoms with E-state index in [1.165, 1.54) is 12.8 Å². The van der Waals surface area contributed by atoms with Crippen LogP contribution >= 0.6 is 0 Å². The molecule has 0 saturated heterocycles. The fourth-order valence-electron chi connectivity index (χ4n) is 2.10. The molecule has 1 atom stereocenters. The fourth-order valence-corrected chi connectivity index (χ4v) is 2.10. The van der Waals surface area contributed by atoms with Gasteiger partial charge in [0.1, 0.15) is 0 Å². The van der Waals surface area contributed by atoms with Crippen molar-refractivity contribution in [2.75, 3.05) is 0 Å². The zero-order chi connectivity index (χ0) is 11.5. The van der Waals surface area contributed by atoms with Crippen LogP contribution in [0.4, 0.5) is 0 Å². The number of amides is 1. The SMILES string of the molecule is CC[C@H](N)C(=O)NC1(C)CCC(C)CC1. The summed E-state index contributed by atoms with van der Waals surface area (Å²) in [5, 5.41) is 3.10. The summed E-state index contributed by atoms with van der Waals surface area (Å²) >= 11 is 0. The van der Waals surface area contributed by atoms with Crippen molar-refractivity contribution in [2.24, 2.45) is 11.7 Å². The molecule has 0 aromatic rings. The average Bonchev–Trinajstić information content (AvgIpc) is 2.21. The number of carbonyl (C=O) groups is 1. The molecule has 1 rings (SSSR count). The molecule has 1 amide bonds. The maximum absolute atomic E-state index is 11.7. The van der Waals surface area contributed by atoms with Gasteiger partial charge < -0.3 is 11.1 Å². The fraction of sp³-hybridized carbons (Fsp3) is 0.917. The van der Waals surface area contributed by atoms with E-state index in [1.807, 2.05) is 6.92 Å². The number of hydrogen-bond acceptors (Lipinski definition) is 2. The van der Waals surface area contributed by atoms with Crippen LogP contribution in [-0.4, -0.2) is 17.5 Å². The second kappa shape index (κ2) is 4.97. The van der Waals surface area contributed by atoms with Crippen molar-refractivity contribution in [3.8, 4) is 0 Å². The van der Waals surface area contributed by atoms with Crippen molar-refractivity contribution in [2.45, 2.75) is 64.5 Å². The quantitative estimate of drug-likeness (QED) is 0.749. The third-order valence-electron chi connectivity index (χ3n) is 3.58. The Kier molecular flexibility index (Phi) is 4.14. The van der Waals surface area contributed by atoms with Crippen molar-refractivity contribution in [1.29, 1.82) is 0 Å². The summed E-state index contributed by atoms with van der Waals surface area (Å²) in [4.78, 5) is 11.7. The number of nitrogens with two attached hydrogens (primary N) is 1. The Balaban J connectivity index is 2.46. The van der Waals surface area contributed by atoms with Crippen LogP contribution < -0.4 is 11.1 Å². The first-order valence-corrected chi connectivity index (χ1v) is 6.04. The molecule has 1 aliphatic rings. The minimum absolute atomic E-state index is 0.00885. The predicted molar refractivity (Wildman–Crippen MR) is 62.4 cm³/mol. The average molecular weight is 212 g/mol. The first kappa shape index (κ1) is 12.5. The summed E-state index contributed by atoms with van der Waals surface area (Å²) in [6, 6.07) is -0.346. The number of carbonyl (C=O) groups excluding carboxylic acids is 1. The van der Waals surface area contributed by atoms with Crippen LogP contribution in [0.15, 0.2) is 0 Å². The highest BCUT2D eigenvalue weighted by Crippen LogP contribution is 2.31.